The maximum absolute atomic E-state index is 12.2. The van der Waals surface area contributed by atoms with Gasteiger partial charge in [-0.2, -0.15) is 5.10 Å². The monoisotopic (exact) mass is 351 g/mol. The van der Waals surface area contributed by atoms with Crippen LogP contribution in [0.4, 0.5) is 0 Å². The maximum atomic E-state index is 12.2. The Morgan fingerprint density at radius 3 is 2.65 bits per heavy atom. The van der Waals surface area contributed by atoms with E-state index in [0.29, 0.717) is 15.6 Å². The molecule has 23 heavy (non-hydrogen) atoms. The number of hydrogen-bond acceptors (Lipinski definition) is 3. The highest BCUT2D eigenvalue weighted by Gasteiger charge is 2.12. The Morgan fingerprint density at radius 1 is 1.26 bits per heavy atom. The van der Waals surface area contributed by atoms with E-state index in [1.54, 1.807) is 30.5 Å². The van der Waals surface area contributed by atoms with Crippen LogP contribution in [0.25, 0.3) is 0 Å². The Balaban J connectivity index is 2.14. The van der Waals surface area contributed by atoms with Gasteiger partial charge in [-0.3, -0.25) is 9.59 Å². The molecule has 120 valence electrons. The second kappa shape index (κ2) is 7.44. The molecule has 0 aliphatic carbocycles. The number of amides is 1. The van der Waals surface area contributed by atoms with Crippen LogP contribution in [-0.2, 0) is 0 Å². The number of halogens is 2. The average Bonchev–Trinajstić information content (AvgIpc) is 2.50. The largest absolute Gasteiger partial charge is 0.312 e. The molecule has 1 heterocycles. The number of hydrazone groups is 1. The van der Waals surface area contributed by atoms with E-state index in [2.05, 4.69) is 10.5 Å². The minimum absolute atomic E-state index is 0.0324. The summed E-state index contributed by atoms with van der Waals surface area (Å²) in [5.74, 6) is -0.568. The first kappa shape index (κ1) is 17.2. The summed E-state index contributed by atoms with van der Waals surface area (Å²) in [5.41, 5.74) is 2.68. The maximum Gasteiger partial charge on any atom is 0.276 e. The summed E-state index contributed by atoms with van der Waals surface area (Å²) >= 11 is 11.7. The highest BCUT2D eigenvalue weighted by atomic mass is 35.5. The number of hydrogen-bond donors (Lipinski definition) is 1. The topological polar surface area (TPSA) is 63.5 Å². The molecule has 1 amide bonds. The predicted octanol–water partition coefficient (Wildman–Crippen LogP) is 3.50. The molecule has 0 radical (unpaired) electrons. The first-order valence-corrected chi connectivity index (χ1v) is 7.65. The van der Waals surface area contributed by atoms with E-state index < -0.39 is 5.91 Å². The van der Waals surface area contributed by atoms with E-state index in [4.69, 9.17) is 23.2 Å². The second-order valence-electron chi connectivity index (χ2n) is 5.10. The Bertz CT molecular complexity index is 813. The van der Waals surface area contributed by atoms with Gasteiger partial charge in [-0.15, -0.1) is 0 Å². The van der Waals surface area contributed by atoms with Gasteiger partial charge in [-0.1, -0.05) is 29.3 Å². The van der Waals surface area contributed by atoms with Crippen molar-refractivity contribution in [1.29, 1.82) is 0 Å². The fraction of sp³-hybridized carbons (Fsp3) is 0.188. The number of pyridine rings is 1. The van der Waals surface area contributed by atoms with Crippen LogP contribution < -0.4 is 11.0 Å². The summed E-state index contributed by atoms with van der Waals surface area (Å²) in [6.07, 6.45) is 3.06. The van der Waals surface area contributed by atoms with Crippen LogP contribution in [0.3, 0.4) is 0 Å². The fourth-order valence-electron chi connectivity index (χ4n) is 1.91. The number of rotatable bonds is 4. The number of carbonyl (C=O) groups is 1. The van der Waals surface area contributed by atoms with E-state index in [1.807, 2.05) is 13.8 Å². The standard InChI is InChI=1S/C16H15Cl2N3O2/c1-10(2)21-7-3-4-12(16(21)23)15(22)20-19-9-11-5-6-13(17)14(18)8-11/h3-10H,1-2H3,(H,20,22)/b19-9-. The Kier molecular flexibility index (Phi) is 5.58. The molecule has 0 aliphatic heterocycles. The lowest BCUT2D eigenvalue weighted by molar-refractivity contribution is 0.0953. The number of aromatic nitrogens is 1. The lowest BCUT2D eigenvalue weighted by Gasteiger charge is -2.10. The van der Waals surface area contributed by atoms with E-state index in [1.165, 1.54) is 16.8 Å². The first-order valence-electron chi connectivity index (χ1n) is 6.89. The zero-order valence-corrected chi connectivity index (χ0v) is 14.1. The summed E-state index contributed by atoms with van der Waals surface area (Å²) in [4.78, 5) is 24.3. The van der Waals surface area contributed by atoms with Crippen LogP contribution in [0, 0.1) is 0 Å². The summed E-state index contributed by atoms with van der Waals surface area (Å²) in [7, 11) is 0. The Morgan fingerprint density at radius 2 is 2.00 bits per heavy atom. The molecular formula is C16H15Cl2N3O2. The Labute approximate surface area is 143 Å². The Hall–Kier alpha value is -2.11. The van der Waals surface area contributed by atoms with E-state index in [-0.39, 0.29) is 17.2 Å². The van der Waals surface area contributed by atoms with Gasteiger partial charge < -0.3 is 4.57 Å². The molecular weight excluding hydrogens is 337 g/mol. The molecule has 0 saturated heterocycles. The molecule has 0 bridgehead atoms. The van der Waals surface area contributed by atoms with E-state index >= 15 is 0 Å². The minimum Gasteiger partial charge on any atom is -0.312 e. The van der Waals surface area contributed by atoms with Crippen LogP contribution in [0.2, 0.25) is 10.0 Å². The second-order valence-corrected chi connectivity index (χ2v) is 5.92. The molecule has 1 aromatic carbocycles. The van der Waals surface area contributed by atoms with Crippen LogP contribution in [0.5, 0.6) is 0 Å². The van der Waals surface area contributed by atoms with Crippen molar-refractivity contribution in [3.63, 3.8) is 0 Å². The molecule has 0 fully saturated rings. The molecule has 0 unspecified atom stereocenters. The molecule has 2 aromatic rings. The zero-order chi connectivity index (χ0) is 17.0. The SMILES string of the molecule is CC(C)n1cccc(C(=O)N/N=C\c2ccc(Cl)c(Cl)c2)c1=O. The molecule has 5 nitrogen and oxygen atoms in total. The van der Waals surface area contributed by atoms with Crippen molar-refractivity contribution in [2.75, 3.05) is 0 Å². The van der Waals surface area contributed by atoms with Crippen molar-refractivity contribution in [2.24, 2.45) is 5.10 Å². The van der Waals surface area contributed by atoms with Gasteiger partial charge in [0.05, 0.1) is 16.3 Å². The first-order chi connectivity index (χ1) is 10.9. The van der Waals surface area contributed by atoms with E-state index in [0.717, 1.165) is 0 Å². The van der Waals surface area contributed by atoms with Gasteiger partial charge in [-0.25, -0.2) is 5.43 Å². The number of carbonyl (C=O) groups excluding carboxylic acids is 1. The van der Waals surface area contributed by atoms with E-state index in [9.17, 15) is 9.59 Å². The third kappa shape index (κ3) is 4.21. The molecule has 0 spiro atoms. The summed E-state index contributed by atoms with van der Waals surface area (Å²) < 4.78 is 1.48. The quantitative estimate of drug-likeness (QED) is 0.676. The lowest BCUT2D eigenvalue weighted by atomic mass is 10.2. The van der Waals surface area contributed by atoms with Crippen LogP contribution in [-0.4, -0.2) is 16.7 Å². The normalized spacial score (nSPS) is 11.2. The van der Waals surface area contributed by atoms with Crippen molar-refractivity contribution in [3.8, 4) is 0 Å². The number of nitrogens with one attached hydrogen (secondary N) is 1. The van der Waals surface area contributed by atoms with Gasteiger partial charge in [0.15, 0.2) is 0 Å². The van der Waals surface area contributed by atoms with Gasteiger partial charge in [-0.05, 0) is 43.7 Å². The van der Waals surface area contributed by atoms with Gasteiger partial charge in [0.2, 0.25) is 0 Å². The summed E-state index contributed by atoms with van der Waals surface area (Å²) in [5, 5.41) is 4.66. The van der Waals surface area contributed by atoms with Crippen molar-refractivity contribution in [3.05, 3.63) is 68.1 Å². The van der Waals surface area contributed by atoms with Crippen LogP contribution in [0.15, 0.2) is 46.4 Å². The van der Waals surface area contributed by atoms with Crippen molar-refractivity contribution in [2.45, 2.75) is 19.9 Å². The number of nitrogens with zero attached hydrogens (tertiary/aromatic N) is 2. The smallest absolute Gasteiger partial charge is 0.276 e. The third-order valence-corrected chi connectivity index (χ3v) is 3.84. The molecule has 7 heteroatoms. The molecule has 0 aliphatic rings. The average molecular weight is 352 g/mol. The molecule has 1 N–H and O–H groups in total. The zero-order valence-electron chi connectivity index (χ0n) is 12.6. The van der Waals surface area contributed by atoms with Gasteiger partial charge in [0.1, 0.15) is 5.56 Å². The predicted molar refractivity (Wildman–Crippen MR) is 92.6 cm³/mol. The van der Waals surface area contributed by atoms with Gasteiger partial charge in [0, 0.05) is 12.2 Å². The molecule has 2 rings (SSSR count). The van der Waals surface area contributed by atoms with Crippen LogP contribution >= 0.6 is 23.2 Å². The summed E-state index contributed by atoms with van der Waals surface area (Å²) in [6.45, 7) is 3.73. The lowest BCUT2D eigenvalue weighted by Crippen LogP contribution is -2.31. The minimum atomic E-state index is -0.568. The summed E-state index contributed by atoms with van der Waals surface area (Å²) in [6, 6.07) is 8.04. The molecule has 1 aromatic heterocycles. The van der Waals surface area contributed by atoms with Crippen molar-refractivity contribution < 1.29 is 4.79 Å². The van der Waals surface area contributed by atoms with Gasteiger partial charge in [0.25, 0.3) is 11.5 Å². The van der Waals surface area contributed by atoms with Gasteiger partial charge >= 0.3 is 0 Å². The molecule has 0 saturated carbocycles. The highest BCUT2D eigenvalue weighted by Crippen LogP contribution is 2.21. The van der Waals surface area contributed by atoms with Crippen molar-refractivity contribution >= 4 is 35.3 Å². The molecule has 0 atom stereocenters. The third-order valence-electron chi connectivity index (χ3n) is 3.10. The number of benzene rings is 1. The highest BCUT2D eigenvalue weighted by molar-refractivity contribution is 6.42. The fourth-order valence-corrected chi connectivity index (χ4v) is 2.21. The van der Waals surface area contributed by atoms with Crippen LogP contribution in [0.1, 0.15) is 35.8 Å². The van der Waals surface area contributed by atoms with Crippen molar-refractivity contribution in [1.82, 2.24) is 9.99 Å².